The first-order valence-corrected chi connectivity index (χ1v) is 14.0. The van der Waals surface area contributed by atoms with Crippen molar-refractivity contribution in [3.8, 4) is 11.1 Å². The van der Waals surface area contributed by atoms with Crippen LogP contribution in [0, 0.1) is 0 Å². The van der Waals surface area contributed by atoms with Crippen LogP contribution in [0.4, 0.5) is 0 Å². The van der Waals surface area contributed by atoms with Crippen molar-refractivity contribution in [1.82, 2.24) is 9.97 Å². The highest BCUT2D eigenvalue weighted by molar-refractivity contribution is 7.71. The van der Waals surface area contributed by atoms with Gasteiger partial charge in [0.1, 0.15) is 15.7 Å². The maximum absolute atomic E-state index is 11.1. The van der Waals surface area contributed by atoms with Gasteiger partial charge in [-0.3, -0.25) is 4.98 Å². The number of thiazole rings is 1. The first-order valence-electron chi connectivity index (χ1n) is 11.8. The zero-order chi connectivity index (χ0) is 25.1. The van der Waals surface area contributed by atoms with Gasteiger partial charge in [0.2, 0.25) is 0 Å². The van der Waals surface area contributed by atoms with Crippen LogP contribution in [0.5, 0.6) is 0 Å². The second kappa shape index (κ2) is 10.6. The van der Waals surface area contributed by atoms with Crippen molar-refractivity contribution in [2.24, 2.45) is 0 Å². The van der Waals surface area contributed by atoms with Gasteiger partial charge in [-0.05, 0) is 64.1 Å². The van der Waals surface area contributed by atoms with Gasteiger partial charge in [-0.1, -0.05) is 62.4 Å². The molecule has 5 aromatic rings. The van der Waals surface area contributed by atoms with Crippen LogP contribution in [-0.4, -0.2) is 18.4 Å². The van der Waals surface area contributed by atoms with Gasteiger partial charge >= 0.3 is 0 Å². The van der Waals surface area contributed by atoms with Crippen LogP contribution < -0.4 is 0 Å². The standard InChI is InChI=1S/C30H26N2O2S2/c1-20(2)26-17-25-7-4-12-31-29(25)27(18-26)24-6-3-5-22(15-24)16-28(30-32-13-14-35-30)23-10-8-21(9-11-23)19-36(33)34/h3-18,20,36H,19H2,1-2H3/b28-16+. The zero-order valence-electron chi connectivity index (χ0n) is 20.1. The number of rotatable bonds is 7. The molecular formula is C30H26N2O2S2. The molecule has 0 spiro atoms. The smallest absolute Gasteiger partial charge is 0.144 e. The summed E-state index contributed by atoms with van der Waals surface area (Å²) in [6.45, 7) is 4.42. The average molecular weight is 511 g/mol. The fraction of sp³-hybridized carbons (Fsp3) is 0.133. The summed E-state index contributed by atoms with van der Waals surface area (Å²) in [7, 11) is -2.45. The average Bonchev–Trinajstić information content (AvgIpc) is 3.42. The molecule has 3 aromatic carbocycles. The molecule has 0 atom stereocenters. The second-order valence-corrected chi connectivity index (χ2v) is 10.9. The lowest BCUT2D eigenvalue weighted by Gasteiger charge is -2.13. The molecular weight excluding hydrogens is 484 g/mol. The second-order valence-electron chi connectivity index (χ2n) is 9.01. The Kier molecular flexibility index (Phi) is 7.07. The topological polar surface area (TPSA) is 59.9 Å². The number of nitrogens with zero attached hydrogens (tertiary/aromatic N) is 2. The molecule has 0 N–H and O–H groups in total. The van der Waals surface area contributed by atoms with Crippen molar-refractivity contribution < 1.29 is 8.42 Å². The Morgan fingerprint density at radius 1 is 0.944 bits per heavy atom. The third-order valence-corrected chi connectivity index (χ3v) is 7.57. The zero-order valence-corrected chi connectivity index (χ0v) is 21.8. The van der Waals surface area contributed by atoms with Crippen LogP contribution in [0.25, 0.3) is 33.7 Å². The summed E-state index contributed by atoms with van der Waals surface area (Å²) in [5, 5.41) is 4.02. The number of hydrogen-bond acceptors (Lipinski definition) is 5. The third kappa shape index (κ3) is 5.30. The van der Waals surface area contributed by atoms with E-state index in [1.807, 2.05) is 41.9 Å². The highest BCUT2D eigenvalue weighted by Gasteiger charge is 2.12. The number of fused-ring (bicyclic) bond motifs is 1. The van der Waals surface area contributed by atoms with E-state index in [0.717, 1.165) is 49.3 Å². The first kappa shape index (κ1) is 24.1. The van der Waals surface area contributed by atoms with Gasteiger partial charge in [-0.15, -0.1) is 11.3 Å². The molecule has 0 unspecified atom stereocenters. The van der Waals surface area contributed by atoms with Crippen LogP contribution in [-0.2, 0) is 16.5 Å². The Labute approximate surface area is 217 Å². The molecule has 5 rings (SSSR count). The molecule has 6 heteroatoms. The van der Waals surface area contributed by atoms with E-state index < -0.39 is 10.7 Å². The Morgan fingerprint density at radius 2 is 1.78 bits per heavy atom. The SMILES string of the molecule is CC(C)c1cc(-c2cccc(/C=C(\c3ccc(C[SH](=O)=O)cc3)c3nccs3)c2)c2ncccc2c1. The maximum atomic E-state index is 11.1. The Balaban J connectivity index is 1.61. The van der Waals surface area contributed by atoms with E-state index in [-0.39, 0.29) is 5.75 Å². The van der Waals surface area contributed by atoms with Crippen LogP contribution >= 0.6 is 11.3 Å². The minimum atomic E-state index is -2.45. The van der Waals surface area contributed by atoms with E-state index in [4.69, 9.17) is 4.98 Å². The Hall–Kier alpha value is -3.61. The minimum Gasteiger partial charge on any atom is -0.256 e. The van der Waals surface area contributed by atoms with Gasteiger partial charge in [0.05, 0.1) is 11.3 Å². The molecule has 0 aliphatic rings. The van der Waals surface area contributed by atoms with E-state index in [9.17, 15) is 8.42 Å². The van der Waals surface area contributed by atoms with E-state index in [2.05, 4.69) is 67.4 Å². The minimum absolute atomic E-state index is 0.0470. The summed E-state index contributed by atoms with van der Waals surface area (Å²) in [6.07, 6.45) is 5.79. The summed E-state index contributed by atoms with van der Waals surface area (Å²) >= 11 is 1.58. The van der Waals surface area contributed by atoms with Crippen molar-refractivity contribution in [3.63, 3.8) is 0 Å². The summed E-state index contributed by atoms with van der Waals surface area (Å²) in [6, 6.07) is 24.7. The van der Waals surface area contributed by atoms with Gasteiger partial charge in [-0.25, -0.2) is 13.4 Å². The highest BCUT2D eigenvalue weighted by atomic mass is 32.2. The molecule has 180 valence electrons. The summed E-state index contributed by atoms with van der Waals surface area (Å²) in [5.74, 6) is 0.460. The molecule has 2 heterocycles. The largest absolute Gasteiger partial charge is 0.256 e. The van der Waals surface area contributed by atoms with E-state index in [1.165, 1.54) is 5.56 Å². The third-order valence-electron chi connectivity index (χ3n) is 6.14. The predicted octanol–water partition coefficient (Wildman–Crippen LogP) is 7.18. The van der Waals surface area contributed by atoms with Crippen LogP contribution in [0.3, 0.4) is 0 Å². The Morgan fingerprint density at radius 3 is 2.50 bits per heavy atom. The predicted molar refractivity (Wildman–Crippen MR) is 151 cm³/mol. The van der Waals surface area contributed by atoms with E-state index in [0.29, 0.717) is 5.92 Å². The van der Waals surface area contributed by atoms with Gasteiger partial charge in [0, 0.05) is 34.3 Å². The number of hydrogen-bond donors (Lipinski definition) is 1. The van der Waals surface area contributed by atoms with Gasteiger partial charge in [0.25, 0.3) is 0 Å². The lowest BCUT2D eigenvalue weighted by molar-refractivity contribution is 0.614. The van der Waals surface area contributed by atoms with Crippen molar-refractivity contribution >= 4 is 44.6 Å². The summed E-state index contributed by atoms with van der Waals surface area (Å²) in [5.41, 5.74) is 8.35. The molecule has 0 bridgehead atoms. The van der Waals surface area contributed by atoms with Crippen LogP contribution in [0.2, 0.25) is 0 Å². The molecule has 36 heavy (non-hydrogen) atoms. The number of thiol groups is 1. The van der Waals surface area contributed by atoms with E-state index >= 15 is 0 Å². The molecule has 2 aromatic heterocycles. The molecule has 0 amide bonds. The molecule has 0 aliphatic heterocycles. The normalized spacial score (nSPS) is 12.1. The lowest BCUT2D eigenvalue weighted by Crippen LogP contribution is -1.93. The first-order chi connectivity index (χ1) is 17.5. The van der Waals surface area contributed by atoms with E-state index in [1.54, 1.807) is 17.5 Å². The highest BCUT2D eigenvalue weighted by Crippen LogP contribution is 2.33. The molecule has 0 saturated heterocycles. The lowest BCUT2D eigenvalue weighted by atomic mass is 9.93. The van der Waals surface area contributed by atoms with Gasteiger partial charge in [0.15, 0.2) is 0 Å². The molecule has 0 aliphatic carbocycles. The number of pyridine rings is 1. The van der Waals surface area contributed by atoms with Crippen molar-refractivity contribution in [2.75, 3.05) is 0 Å². The van der Waals surface area contributed by atoms with Crippen molar-refractivity contribution in [2.45, 2.75) is 25.5 Å². The van der Waals surface area contributed by atoms with Crippen molar-refractivity contribution in [1.29, 1.82) is 0 Å². The molecule has 0 radical (unpaired) electrons. The number of benzene rings is 3. The summed E-state index contributed by atoms with van der Waals surface area (Å²) in [4.78, 5) is 9.25. The number of aromatic nitrogens is 2. The fourth-order valence-electron chi connectivity index (χ4n) is 4.30. The van der Waals surface area contributed by atoms with Crippen molar-refractivity contribution in [3.05, 3.63) is 118 Å². The quantitative estimate of drug-likeness (QED) is 0.186. The van der Waals surface area contributed by atoms with Gasteiger partial charge < -0.3 is 0 Å². The van der Waals surface area contributed by atoms with Gasteiger partial charge in [-0.2, -0.15) is 0 Å². The summed E-state index contributed by atoms with van der Waals surface area (Å²) < 4.78 is 22.2. The van der Waals surface area contributed by atoms with Crippen LogP contribution in [0.15, 0.2) is 90.6 Å². The molecule has 4 nitrogen and oxygen atoms in total. The van der Waals surface area contributed by atoms with Crippen LogP contribution in [0.1, 0.15) is 47.0 Å². The maximum Gasteiger partial charge on any atom is 0.144 e. The monoisotopic (exact) mass is 510 g/mol. The molecule has 0 fully saturated rings. The molecule has 0 saturated carbocycles. The Bertz CT molecular complexity index is 1610. The fourth-order valence-corrected chi connectivity index (χ4v) is 5.48.